The summed E-state index contributed by atoms with van der Waals surface area (Å²) in [5.74, 6) is 0.717. The first-order valence-electron chi connectivity index (χ1n) is 9.24. The monoisotopic (exact) mass is 388 g/mol. The van der Waals surface area contributed by atoms with Gasteiger partial charge in [-0.1, -0.05) is 29.8 Å². The number of hydrogen-bond acceptors (Lipinski definition) is 4. The van der Waals surface area contributed by atoms with Gasteiger partial charge in [-0.05, 0) is 49.6 Å². The van der Waals surface area contributed by atoms with Gasteiger partial charge >= 0.3 is 0 Å². The first-order chi connectivity index (χ1) is 12.8. The number of methoxy groups -OCH3 is 1. The zero-order chi connectivity index (χ0) is 19.6. The second-order valence-corrected chi connectivity index (χ2v) is 9.16. The van der Waals surface area contributed by atoms with E-state index in [1.54, 1.807) is 23.5 Å². The quantitative estimate of drug-likeness (QED) is 0.790. The van der Waals surface area contributed by atoms with E-state index in [1.807, 2.05) is 13.8 Å². The molecule has 6 heteroatoms. The SMILES string of the molecule is COc1cc(C)c(S(=O)(=O)N2CCN(Cc3cccc(C)c3)CC2)cc1C. The number of aryl methyl sites for hydroxylation is 3. The third kappa shape index (κ3) is 4.34. The maximum atomic E-state index is 13.1. The van der Waals surface area contributed by atoms with Crippen LogP contribution in [0.15, 0.2) is 41.3 Å². The minimum atomic E-state index is -3.49. The molecule has 0 amide bonds. The molecule has 0 spiro atoms. The largest absolute Gasteiger partial charge is 0.496 e. The van der Waals surface area contributed by atoms with Crippen molar-refractivity contribution >= 4 is 10.0 Å². The number of hydrogen-bond donors (Lipinski definition) is 0. The molecular weight excluding hydrogens is 360 g/mol. The Morgan fingerprint density at radius 3 is 2.30 bits per heavy atom. The van der Waals surface area contributed by atoms with E-state index in [1.165, 1.54) is 11.1 Å². The molecule has 1 fully saturated rings. The molecule has 0 atom stereocenters. The summed E-state index contributed by atoms with van der Waals surface area (Å²) in [6, 6.07) is 12.0. The lowest BCUT2D eigenvalue weighted by Gasteiger charge is -2.34. The molecule has 27 heavy (non-hydrogen) atoms. The Hall–Kier alpha value is -1.89. The van der Waals surface area contributed by atoms with Crippen LogP contribution < -0.4 is 4.74 Å². The molecule has 0 N–H and O–H groups in total. The zero-order valence-corrected chi connectivity index (χ0v) is 17.3. The van der Waals surface area contributed by atoms with Gasteiger partial charge in [0.1, 0.15) is 5.75 Å². The molecule has 0 bridgehead atoms. The summed E-state index contributed by atoms with van der Waals surface area (Å²) < 4.78 is 33.2. The van der Waals surface area contributed by atoms with Crippen molar-refractivity contribution in [1.82, 2.24) is 9.21 Å². The van der Waals surface area contributed by atoms with Gasteiger partial charge in [-0.15, -0.1) is 0 Å². The third-order valence-corrected chi connectivity index (χ3v) is 7.17. The van der Waals surface area contributed by atoms with E-state index in [4.69, 9.17) is 4.74 Å². The molecule has 3 rings (SSSR count). The van der Waals surface area contributed by atoms with Crippen LogP contribution in [0.25, 0.3) is 0 Å². The predicted molar refractivity (Wildman–Crippen MR) is 108 cm³/mol. The molecule has 0 saturated carbocycles. The van der Waals surface area contributed by atoms with Crippen LogP contribution in [0.2, 0.25) is 0 Å². The number of ether oxygens (including phenoxy) is 1. The topological polar surface area (TPSA) is 49.9 Å². The van der Waals surface area contributed by atoms with E-state index < -0.39 is 10.0 Å². The Morgan fingerprint density at radius 2 is 1.67 bits per heavy atom. The first-order valence-corrected chi connectivity index (χ1v) is 10.7. The van der Waals surface area contributed by atoms with Crippen LogP contribution in [0.4, 0.5) is 0 Å². The molecule has 5 nitrogen and oxygen atoms in total. The predicted octanol–water partition coefficient (Wildman–Crippen LogP) is 3.13. The fourth-order valence-electron chi connectivity index (χ4n) is 3.60. The van der Waals surface area contributed by atoms with Gasteiger partial charge in [0.25, 0.3) is 0 Å². The van der Waals surface area contributed by atoms with Gasteiger partial charge in [-0.25, -0.2) is 8.42 Å². The average molecular weight is 389 g/mol. The molecule has 0 aliphatic carbocycles. The fraction of sp³-hybridized carbons (Fsp3) is 0.429. The molecule has 1 aliphatic rings. The Kier molecular flexibility index (Phi) is 5.89. The van der Waals surface area contributed by atoms with Crippen LogP contribution >= 0.6 is 0 Å². The number of sulfonamides is 1. The summed E-state index contributed by atoms with van der Waals surface area (Å²) in [4.78, 5) is 2.69. The smallest absolute Gasteiger partial charge is 0.243 e. The Labute approximate surface area is 162 Å². The van der Waals surface area contributed by atoms with E-state index in [2.05, 4.69) is 36.1 Å². The molecule has 2 aromatic rings. The number of piperazine rings is 1. The second-order valence-electron chi connectivity index (χ2n) is 7.26. The lowest BCUT2D eigenvalue weighted by Crippen LogP contribution is -2.48. The molecular formula is C21H28N2O3S. The summed E-state index contributed by atoms with van der Waals surface area (Å²) in [5, 5.41) is 0. The normalized spacial score (nSPS) is 16.4. The van der Waals surface area contributed by atoms with Gasteiger partial charge in [0.2, 0.25) is 10.0 Å². The lowest BCUT2D eigenvalue weighted by molar-refractivity contribution is 0.181. The molecule has 1 saturated heterocycles. The van der Waals surface area contributed by atoms with E-state index >= 15 is 0 Å². The van der Waals surface area contributed by atoms with Crippen molar-refractivity contribution in [2.45, 2.75) is 32.2 Å². The highest BCUT2D eigenvalue weighted by molar-refractivity contribution is 7.89. The van der Waals surface area contributed by atoms with Crippen LogP contribution in [0, 0.1) is 20.8 Å². The molecule has 0 unspecified atom stereocenters. The van der Waals surface area contributed by atoms with Crippen molar-refractivity contribution in [1.29, 1.82) is 0 Å². The molecule has 1 heterocycles. The van der Waals surface area contributed by atoms with Crippen LogP contribution in [0.5, 0.6) is 5.75 Å². The van der Waals surface area contributed by atoms with Crippen molar-refractivity contribution in [3.63, 3.8) is 0 Å². The molecule has 2 aromatic carbocycles. The van der Waals surface area contributed by atoms with E-state index in [-0.39, 0.29) is 0 Å². The summed E-state index contributed by atoms with van der Waals surface area (Å²) >= 11 is 0. The Bertz CT molecular complexity index is 917. The van der Waals surface area contributed by atoms with Gasteiger partial charge in [0.05, 0.1) is 12.0 Å². The van der Waals surface area contributed by atoms with Gasteiger partial charge in [0, 0.05) is 32.7 Å². The van der Waals surface area contributed by atoms with Crippen molar-refractivity contribution in [2.75, 3.05) is 33.3 Å². The van der Waals surface area contributed by atoms with Gasteiger partial charge in [-0.2, -0.15) is 4.31 Å². The standard InChI is InChI=1S/C21H28N2O3S/c1-16-6-5-7-19(12-16)15-22-8-10-23(11-9-22)27(24,25)21-14-17(2)20(26-4)13-18(21)3/h5-7,12-14H,8-11,15H2,1-4H3. The van der Waals surface area contributed by atoms with Crippen LogP contribution in [0.3, 0.4) is 0 Å². The van der Waals surface area contributed by atoms with Gasteiger partial charge in [-0.3, -0.25) is 4.90 Å². The molecule has 146 valence electrons. The highest BCUT2D eigenvalue weighted by Gasteiger charge is 2.30. The molecule has 0 radical (unpaired) electrons. The van der Waals surface area contributed by atoms with Gasteiger partial charge < -0.3 is 4.74 Å². The van der Waals surface area contributed by atoms with Crippen molar-refractivity contribution < 1.29 is 13.2 Å². The van der Waals surface area contributed by atoms with Crippen LogP contribution in [0.1, 0.15) is 22.3 Å². The summed E-state index contributed by atoms with van der Waals surface area (Å²) in [7, 11) is -1.89. The number of nitrogens with zero attached hydrogens (tertiary/aromatic N) is 2. The van der Waals surface area contributed by atoms with Crippen molar-refractivity contribution in [3.8, 4) is 5.75 Å². The number of benzene rings is 2. The zero-order valence-electron chi connectivity index (χ0n) is 16.5. The van der Waals surface area contributed by atoms with Crippen molar-refractivity contribution in [2.24, 2.45) is 0 Å². The average Bonchev–Trinajstić information content (AvgIpc) is 2.63. The van der Waals surface area contributed by atoms with Crippen LogP contribution in [-0.4, -0.2) is 50.9 Å². The first kappa shape index (κ1) is 19.9. The highest BCUT2D eigenvalue weighted by atomic mass is 32.2. The summed E-state index contributed by atoms with van der Waals surface area (Å²) in [5.41, 5.74) is 4.08. The second kappa shape index (κ2) is 8.00. The number of rotatable bonds is 5. The summed E-state index contributed by atoms with van der Waals surface area (Å²) in [6.07, 6.45) is 0. The van der Waals surface area contributed by atoms with E-state index in [9.17, 15) is 8.42 Å². The van der Waals surface area contributed by atoms with Crippen molar-refractivity contribution in [3.05, 3.63) is 58.7 Å². The fourth-order valence-corrected chi connectivity index (χ4v) is 5.31. The maximum Gasteiger partial charge on any atom is 0.243 e. The Balaban J connectivity index is 1.70. The Morgan fingerprint density at radius 1 is 0.963 bits per heavy atom. The molecule has 1 aliphatic heterocycles. The van der Waals surface area contributed by atoms with E-state index in [0.717, 1.165) is 36.5 Å². The molecule has 0 aromatic heterocycles. The minimum Gasteiger partial charge on any atom is -0.496 e. The third-order valence-electron chi connectivity index (χ3n) is 5.13. The highest BCUT2D eigenvalue weighted by Crippen LogP contribution is 2.28. The lowest BCUT2D eigenvalue weighted by atomic mass is 10.1. The maximum absolute atomic E-state index is 13.1. The minimum absolute atomic E-state index is 0.382. The summed E-state index contributed by atoms with van der Waals surface area (Å²) in [6.45, 7) is 9.14. The van der Waals surface area contributed by atoms with E-state index in [0.29, 0.717) is 18.0 Å². The van der Waals surface area contributed by atoms with Crippen LogP contribution in [-0.2, 0) is 16.6 Å². The van der Waals surface area contributed by atoms with Gasteiger partial charge in [0.15, 0.2) is 0 Å².